The summed E-state index contributed by atoms with van der Waals surface area (Å²) in [6.07, 6.45) is 6.90. The Kier molecular flexibility index (Phi) is 5.09. The number of nitrogens with one attached hydrogen (secondary N) is 1. The Hall–Kier alpha value is -1.69. The quantitative estimate of drug-likeness (QED) is 0.818. The predicted octanol–water partition coefficient (Wildman–Crippen LogP) is 2.80. The third kappa shape index (κ3) is 3.64. The van der Waals surface area contributed by atoms with Crippen LogP contribution in [0.4, 0.5) is 5.82 Å². The zero-order chi connectivity index (χ0) is 13.5. The Morgan fingerprint density at radius 1 is 1.16 bits per heavy atom. The second-order valence-corrected chi connectivity index (χ2v) is 4.95. The van der Waals surface area contributed by atoms with E-state index in [0.29, 0.717) is 0 Å². The predicted molar refractivity (Wildman–Crippen MR) is 76.3 cm³/mol. The average molecular weight is 275 g/mol. The van der Waals surface area contributed by atoms with Gasteiger partial charge in [-0.05, 0) is 31.2 Å². The van der Waals surface area contributed by atoms with Crippen LogP contribution in [0.1, 0.15) is 25.8 Å². The van der Waals surface area contributed by atoms with Crippen molar-refractivity contribution in [3.63, 3.8) is 0 Å². The summed E-state index contributed by atoms with van der Waals surface area (Å²) >= 11 is 1.55. The maximum absolute atomic E-state index is 4.39. The maximum atomic E-state index is 4.39. The van der Waals surface area contributed by atoms with Gasteiger partial charge in [-0.1, -0.05) is 13.3 Å². The lowest BCUT2D eigenvalue weighted by molar-refractivity contribution is 0.854. The minimum Gasteiger partial charge on any atom is -0.370 e. The molecule has 0 fully saturated rings. The molecule has 0 radical (unpaired) electrons. The van der Waals surface area contributed by atoms with Gasteiger partial charge in [-0.15, -0.1) is 0 Å². The molecule has 100 valence electrons. The highest BCUT2D eigenvalue weighted by atomic mass is 32.2. The van der Waals surface area contributed by atoms with Crippen molar-refractivity contribution in [3.8, 4) is 0 Å². The summed E-state index contributed by atoms with van der Waals surface area (Å²) in [6.45, 7) is 5.07. The second-order valence-electron chi connectivity index (χ2n) is 3.94. The molecule has 0 unspecified atom stereocenters. The number of nitrogens with zero attached hydrogens (tertiary/aromatic N) is 4. The van der Waals surface area contributed by atoms with Gasteiger partial charge in [0.05, 0.1) is 0 Å². The fourth-order valence-corrected chi connectivity index (χ4v) is 2.57. The topological polar surface area (TPSA) is 63.6 Å². The van der Waals surface area contributed by atoms with Gasteiger partial charge in [0.1, 0.15) is 28.5 Å². The van der Waals surface area contributed by atoms with E-state index in [1.165, 1.54) is 0 Å². The van der Waals surface area contributed by atoms with Crippen molar-refractivity contribution < 1.29 is 0 Å². The first kappa shape index (κ1) is 13.7. The largest absolute Gasteiger partial charge is 0.370 e. The zero-order valence-corrected chi connectivity index (χ0v) is 11.9. The van der Waals surface area contributed by atoms with Crippen molar-refractivity contribution in [1.29, 1.82) is 0 Å². The molecule has 2 aromatic heterocycles. The lowest BCUT2D eigenvalue weighted by atomic mass is 10.2. The van der Waals surface area contributed by atoms with E-state index in [9.17, 15) is 0 Å². The molecule has 2 heterocycles. The molecular weight excluding hydrogens is 258 g/mol. The Morgan fingerprint density at radius 2 is 2.05 bits per heavy atom. The molecule has 5 nitrogen and oxygen atoms in total. The van der Waals surface area contributed by atoms with E-state index in [4.69, 9.17) is 0 Å². The van der Waals surface area contributed by atoms with Gasteiger partial charge in [0.15, 0.2) is 0 Å². The van der Waals surface area contributed by atoms with Crippen LogP contribution in [-0.4, -0.2) is 26.5 Å². The monoisotopic (exact) mass is 275 g/mol. The molecule has 0 saturated heterocycles. The summed E-state index contributed by atoms with van der Waals surface area (Å²) in [4.78, 5) is 16.9. The molecule has 2 rings (SSSR count). The van der Waals surface area contributed by atoms with Crippen molar-refractivity contribution in [2.75, 3.05) is 11.9 Å². The third-order valence-electron chi connectivity index (χ3n) is 2.51. The third-order valence-corrected chi connectivity index (χ3v) is 3.50. The molecule has 0 aliphatic rings. The summed E-state index contributed by atoms with van der Waals surface area (Å²) in [5.74, 6) is 0.927. The minimum atomic E-state index is 0.853. The molecule has 0 aromatic carbocycles. The summed E-state index contributed by atoms with van der Waals surface area (Å²) in [7, 11) is 0. The summed E-state index contributed by atoms with van der Waals surface area (Å²) in [5.41, 5.74) is 1.16. The SMILES string of the molecule is CCCc1c(NCC)ncnc1Sc1ccncn1. The van der Waals surface area contributed by atoms with Gasteiger partial charge in [0, 0.05) is 18.3 Å². The van der Waals surface area contributed by atoms with E-state index in [2.05, 4.69) is 39.1 Å². The number of aromatic nitrogens is 4. The molecule has 6 heteroatoms. The van der Waals surface area contributed by atoms with Crippen LogP contribution in [0.2, 0.25) is 0 Å². The number of anilines is 1. The summed E-state index contributed by atoms with van der Waals surface area (Å²) < 4.78 is 0. The van der Waals surface area contributed by atoms with E-state index >= 15 is 0 Å². The van der Waals surface area contributed by atoms with Gasteiger partial charge in [0.25, 0.3) is 0 Å². The van der Waals surface area contributed by atoms with Gasteiger partial charge >= 0.3 is 0 Å². The van der Waals surface area contributed by atoms with Crippen molar-refractivity contribution in [2.45, 2.75) is 36.7 Å². The van der Waals surface area contributed by atoms with Gasteiger partial charge in [-0.2, -0.15) is 0 Å². The smallest absolute Gasteiger partial charge is 0.133 e. The lowest BCUT2D eigenvalue weighted by Crippen LogP contribution is -2.06. The van der Waals surface area contributed by atoms with E-state index < -0.39 is 0 Å². The van der Waals surface area contributed by atoms with E-state index in [-0.39, 0.29) is 0 Å². The number of rotatable bonds is 6. The Balaban J connectivity index is 2.30. The highest BCUT2D eigenvalue weighted by Crippen LogP contribution is 2.30. The first-order valence-corrected chi connectivity index (χ1v) is 7.18. The molecule has 0 atom stereocenters. The standard InChI is InChI=1S/C13H17N5S/c1-3-5-10-12(15-4-2)17-9-18-13(10)19-11-6-7-14-8-16-11/h6-9H,3-5H2,1-2H3,(H,15,17,18). The van der Waals surface area contributed by atoms with Crippen LogP contribution < -0.4 is 5.32 Å². The van der Waals surface area contributed by atoms with Gasteiger partial charge in [0.2, 0.25) is 0 Å². The van der Waals surface area contributed by atoms with Crippen molar-refractivity contribution >= 4 is 17.6 Å². The zero-order valence-electron chi connectivity index (χ0n) is 11.1. The fraction of sp³-hybridized carbons (Fsp3) is 0.385. The van der Waals surface area contributed by atoms with Crippen molar-refractivity contribution in [1.82, 2.24) is 19.9 Å². The highest BCUT2D eigenvalue weighted by Gasteiger charge is 2.12. The van der Waals surface area contributed by atoms with Crippen LogP contribution in [0.5, 0.6) is 0 Å². The minimum absolute atomic E-state index is 0.853. The molecular formula is C13H17N5S. The molecule has 0 amide bonds. The normalized spacial score (nSPS) is 10.4. The van der Waals surface area contributed by atoms with E-state index in [1.54, 1.807) is 30.6 Å². The Bertz CT molecular complexity index is 518. The van der Waals surface area contributed by atoms with Crippen molar-refractivity contribution in [3.05, 3.63) is 30.5 Å². The Labute approximate surface area is 117 Å². The first-order chi connectivity index (χ1) is 9.35. The van der Waals surface area contributed by atoms with Crippen LogP contribution in [-0.2, 0) is 6.42 Å². The lowest BCUT2D eigenvalue weighted by Gasteiger charge is -2.12. The molecule has 0 saturated carbocycles. The van der Waals surface area contributed by atoms with Gasteiger partial charge in [-0.25, -0.2) is 19.9 Å². The maximum Gasteiger partial charge on any atom is 0.133 e. The van der Waals surface area contributed by atoms with Crippen LogP contribution >= 0.6 is 11.8 Å². The molecule has 2 aromatic rings. The highest BCUT2D eigenvalue weighted by molar-refractivity contribution is 7.99. The van der Waals surface area contributed by atoms with E-state index in [0.717, 1.165) is 40.8 Å². The number of hydrogen-bond acceptors (Lipinski definition) is 6. The first-order valence-electron chi connectivity index (χ1n) is 6.36. The average Bonchev–Trinajstić information content (AvgIpc) is 2.44. The Morgan fingerprint density at radius 3 is 2.74 bits per heavy atom. The summed E-state index contributed by atoms with van der Waals surface area (Å²) in [5, 5.41) is 5.15. The molecule has 0 bridgehead atoms. The van der Waals surface area contributed by atoms with Crippen LogP contribution in [0, 0.1) is 0 Å². The van der Waals surface area contributed by atoms with Gasteiger partial charge in [-0.3, -0.25) is 0 Å². The molecule has 0 aliphatic heterocycles. The molecule has 19 heavy (non-hydrogen) atoms. The van der Waals surface area contributed by atoms with Gasteiger partial charge < -0.3 is 5.32 Å². The second kappa shape index (κ2) is 7.04. The van der Waals surface area contributed by atoms with Crippen LogP contribution in [0.3, 0.4) is 0 Å². The van der Waals surface area contributed by atoms with Crippen molar-refractivity contribution in [2.24, 2.45) is 0 Å². The molecule has 0 aliphatic carbocycles. The van der Waals surface area contributed by atoms with E-state index in [1.807, 2.05) is 6.07 Å². The fourth-order valence-electron chi connectivity index (χ4n) is 1.72. The molecule has 0 spiro atoms. The molecule has 1 N–H and O–H groups in total. The van der Waals surface area contributed by atoms with Crippen LogP contribution in [0.15, 0.2) is 35.0 Å². The van der Waals surface area contributed by atoms with Crippen LogP contribution in [0.25, 0.3) is 0 Å². The number of hydrogen-bond donors (Lipinski definition) is 1. The summed E-state index contributed by atoms with van der Waals surface area (Å²) in [6, 6.07) is 1.88.